The molecule has 0 unspecified atom stereocenters. The maximum absolute atomic E-state index is 13.5. The topological polar surface area (TPSA) is 34.0 Å². The molecule has 0 atom stereocenters. The zero-order valence-electron chi connectivity index (χ0n) is 17.7. The third-order valence-electron chi connectivity index (χ3n) is 5.29. The number of aryl methyl sites for hydroxylation is 2. The van der Waals surface area contributed by atoms with Crippen LogP contribution in [0.4, 0.5) is 18.9 Å². The summed E-state index contributed by atoms with van der Waals surface area (Å²) >= 11 is 0. The van der Waals surface area contributed by atoms with Gasteiger partial charge in [-0.25, -0.2) is 0 Å². The maximum Gasteiger partial charge on any atom is 0.418 e. The third-order valence-corrected chi connectivity index (χ3v) is 5.29. The molecule has 0 aliphatic heterocycles. The summed E-state index contributed by atoms with van der Waals surface area (Å²) in [6.45, 7) is 9.37. The van der Waals surface area contributed by atoms with Crippen LogP contribution < -0.4 is 5.32 Å². The summed E-state index contributed by atoms with van der Waals surface area (Å²) in [7, 11) is 0. The van der Waals surface area contributed by atoms with Gasteiger partial charge in [-0.2, -0.15) is 13.2 Å². The molecule has 1 heterocycles. The molecule has 3 rings (SSSR count). The molecule has 0 saturated carbocycles. The normalized spacial score (nSPS) is 11.8. The van der Waals surface area contributed by atoms with Crippen LogP contribution in [0.15, 0.2) is 48.5 Å². The van der Waals surface area contributed by atoms with Gasteiger partial charge in [0, 0.05) is 17.1 Å². The maximum atomic E-state index is 13.5. The van der Waals surface area contributed by atoms with Crippen molar-refractivity contribution in [2.24, 2.45) is 0 Å². The fourth-order valence-corrected chi connectivity index (χ4v) is 3.79. The van der Waals surface area contributed by atoms with Crippen molar-refractivity contribution in [2.45, 2.75) is 46.7 Å². The fraction of sp³-hybridized carbons (Fsp3) is 0.292. The van der Waals surface area contributed by atoms with E-state index in [1.54, 1.807) is 26.0 Å². The lowest BCUT2D eigenvalue weighted by atomic mass is 9.98. The minimum Gasteiger partial charge on any atom is -0.321 e. The smallest absolute Gasteiger partial charge is 0.321 e. The number of hydrogen-bond donors (Lipinski definition) is 1. The summed E-state index contributed by atoms with van der Waals surface area (Å²) in [6.07, 6.45) is -4.49. The van der Waals surface area contributed by atoms with Gasteiger partial charge in [0.25, 0.3) is 5.91 Å². The Kier molecular flexibility index (Phi) is 5.79. The zero-order chi connectivity index (χ0) is 22.2. The Hall–Kier alpha value is -3.02. The van der Waals surface area contributed by atoms with Crippen molar-refractivity contribution >= 4 is 11.6 Å². The molecule has 3 nitrogen and oxygen atoms in total. The molecule has 0 bridgehead atoms. The summed E-state index contributed by atoms with van der Waals surface area (Å²) in [6, 6.07) is 12.9. The molecule has 1 N–H and O–H groups in total. The first-order valence-corrected chi connectivity index (χ1v) is 9.78. The standard InChI is InChI=1S/C24H25F3N2O/c1-14(2)18-10-8-9-15(3)22(18)28-23(30)19-13-16(4)29(17(19)5)21-12-7-6-11-20(21)24(25,26)27/h6-14H,1-5H3,(H,28,30). The predicted octanol–water partition coefficient (Wildman–Crippen LogP) is 6.80. The van der Waals surface area contributed by atoms with E-state index in [4.69, 9.17) is 0 Å². The average molecular weight is 414 g/mol. The molecule has 0 spiro atoms. The van der Waals surface area contributed by atoms with Crippen molar-refractivity contribution in [2.75, 3.05) is 5.32 Å². The first-order chi connectivity index (χ1) is 14.0. The number of nitrogens with one attached hydrogen (secondary N) is 1. The highest BCUT2D eigenvalue weighted by molar-refractivity contribution is 6.06. The van der Waals surface area contributed by atoms with Crippen LogP contribution in [0, 0.1) is 20.8 Å². The van der Waals surface area contributed by atoms with Crippen LogP contribution in [-0.2, 0) is 6.18 Å². The number of carbonyl (C=O) groups is 1. The highest BCUT2D eigenvalue weighted by Gasteiger charge is 2.34. The summed E-state index contributed by atoms with van der Waals surface area (Å²) in [4.78, 5) is 13.1. The zero-order valence-corrected chi connectivity index (χ0v) is 17.7. The van der Waals surface area contributed by atoms with Crippen molar-refractivity contribution in [1.82, 2.24) is 4.57 Å². The van der Waals surface area contributed by atoms with Crippen LogP contribution in [-0.4, -0.2) is 10.5 Å². The van der Waals surface area contributed by atoms with Crippen molar-refractivity contribution in [1.29, 1.82) is 0 Å². The van der Waals surface area contributed by atoms with Gasteiger partial charge in [0.15, 0.2) is 0 Å². The van der Waals surface area contributed by atoms with Crippen LogP contribution in [0.25, 0.3) is 5.69 Å². The molecule has 1 aromatic heterocycles. The first kappa shape index (κ1) is 21.7. The van der Waals surface area contributed by atoms with E-state index < -0.39 is 11.7 Å². The predicted molar refractivity (Wildman–Crippen MR) is 113 cm³/mol. The number of halogens is 3. The molecular formula is C24H25F3N2O. The molecular weight excluding hydrogens is 389 g/mol. The number of aromatic nitrogens is 1. The molecule has 0 radical (unpaired) electrons. The Balaban J connectivity index is 2.06. The molecule has 2 aromatic carbocycles. The van der Waals surface area contributed by atoms with E-state index in [2.05, 4.69) is 5.32 Å². The number of amides is 1. The lowest BCUT2D eigenvalue weighted by Crippen LogP contribution is -2.16. The Morgan fingerprint density at radius 2 is 1.67 bits per heavy atom. The van der Waals surface area contributed by atoms with E-state index in [-0.39, 0.29) is 17.5 Å². The number of nitrogens with zero attached hydrogens (tertiary/aromatic N) is 1. The van der Waals surface area contributed by atoms with Crippen LogP contribution in [0.2, 0.25) is 0 Å². The molecule has 30 heavy (non-hydrogen) atoms. The Morgan fingerprint density at radius 1 is 1.00 bits per heavy atom. The SMILES string of the molecule is Cc1cccc(C(C)C)c1NC(=O)c1cc(C)n(-c2ccccc2C(F)(F)F)c1C. The van der Waals surface area contributed by atoms with Crippen molar-refractivity contribution in [3.05, 3.63) is 82.2 Å². The van der Waals surface area contributed by atoms with Gasteiger partial charge >= 0.3 is 6.18 Å². The van der Waals surface area contributed by atoms with E-state index >= 15 is 0 Å². The number of benzene rings is 2. The van der Waals surface area contributed by atoms with Crippen LogP contribution in [0.1, 0.15) is 58.2 Å². The highest BCUT2D eigenvalue weighted by Crippen LogP contribution is 2.36. The van der Waals surface area contributed by atoms with Gasteiger partial charge < -0.3 is 9.88 Å². The second-order valence-electron chi connectivity index (χ2n) is 7.78. The van der Waals surface area contributed by atoms with Gasteiger partial charge in [-0.3, -0.25) is 4.79 Å². The molecule has 0 aliphatic rings. The van der Waals surface area contributed by atoms with Gasteiger partial charge in [0.05, 0.1) is 16.8 Å². The molecule has 158 valence electrons. The molecule has 6 heteroatoms. The third kappa shape index (κ3) is 3.99. The van der Waals surface area contributed by atoms with E-state index in [0.29, 0.717) is 17.0 Å². The molecule has 3 aromatic rings. The minimum absolute atomic E-state index is 0.0119. The van der Waals surface area contributed by atoms with Crippen molar-refractivity contribution in [3.8, 4) is 5.69 Å². The molecule has 0 fully saturated rings. The summed E-state index contributed by atoms with van der Waals surface area (Å²) < 4.78 is 42.1. The monoisotopic (exact) mass is 414 g/mol. The number of carbonyl (C=O) groups excluding carboxylic acids is 1. The minimum atomic E-state index is -4.49. The second-order valence-corrected chi connectivity index (χ2v) is 7.78. The second kappa shape index (κ2) is 8.01. The van der Waals surface area contributed by atoms with Crippen molar-refractivity contribution in [3.63, 3.8) is 0 Å². The summed E-state index contributed by atoms with van der Waals surface area (Å²) in [5.41, 5.74) is 3.34. The number of hydrogen-bond acceptors (Lipinski definition) is 1. The summed E-state index contributed by atoms with van der Waals surface area (Å²) in [5, 5.41) is 2.98. The van der Waals surface area contributed by atoms with Crippen molar-refractivity contribution < 1.29 is 18.0 Å². The van der Waals surface area contributed by atoms with E-state index in [9.17, 15) is 18.0 Å². The fourth-order valence-electron chi connectivity index (χ4n) is 3.79. The molecule has 1 amide bonds. The van der Waals surface area contributed by atoms with Gasteiger partial charge in [-0.15, -0.1) is 0 Å². The Morgan fingerprint density at radius 3 is 2.30 bits per heavy atom. The van der Waals surface area contributed by atoms with E-state index in [1.165, 1.54) is 16.7 Å². The number of anilines is 1. The highest BCUT2D eigenvalue weighted by atomic mass is 19.4. The number of rotatable bonds is 4. The van der Waals surface area contributed by atoms with Gasteiger partial charge in [0.1, 0.15) is 0 Å². The Labute approximate surface area is 174 Å². The lowest BCUT2D eigenvalue weighted by molar-refractivity contribution is -0.137. The average Bonchev–Trinajstić information content (AvgIpc) is 2.96. The number of para-hydroxylation sites is 2. The van der Waals surface area contributed by atoms with Crippen LogP contribution in [0.5, 0.6) is 0 Å². The van der Waals surface area contributed by atoms with E-state index in [1.807, 2.05) is 39.0 Å². The quantitative estimate of drug-likeness (QED) is 0.501. The van der Waals surface area contributed by atoms with Crippen LogP contribution >= 0.6 is 0 Å². The number of alkyl halides is 3. The first-order valence-electron chi connectivity index (χ1n) is 9.78. The van der Waals surface area contributed by atoms with Gasteiger partial charge in [0.2, 0.25) is 0 Å². The van der Waals surface area contributed by atoms with Crippen LogP contribution in [0.3, 0.4) is 0 Å². The Bertz CT molecular complexity index is 1090. The lowest BCUT2D eigenvalue weighted by Gasteiger charge is -2.18. The summed E-state index contributed by atoms with van der Waals surface area (Å²) in [5.74, 6) is -0.124. The van der Waals surface area contributed by atoms with Gasteiger partial charge in [-0.05, 0) is 56.0 Å². The van der Waals surface area contributed by atoms with E-state index in [0.717, 1.165) is 22.9 Å². The van der Waals surface area contributed by atoms with Gasteiger partial charge in [-0.1, -0.05) is 44.2 Å². The largest absolute Gasteiger partial charge is 0.418 e. The molecule has 0 saturated heterocycles. The molecule has 0 aliphatic carbocycles.